The van der Waals surface area contributed by atoms with Crippen LogP contribution >= 0.6 is 0 Å². The van der Waals surface area contributed by atoms with E-state index in [4.69, 9.17) is 0 Å². The Morgan fingerprint density at radius 3 is 2.52 bits per heavy atom. The highest BCUT2D eigenvalue weighted by molar-refractivity contribution is 5.86. The Hall–Kier alpha value is -1.94. The fourth-order valence-electron chi connectivity index (χ4n) is 3.39. The first-order valence-electron chi connectivity index (χ1n) is 8.93. The zero-order chi connectivity index (χ0) is 18.8. The standard InChI is InChI=1S/C21H30N2O2/c1-13(2)20(25)21(5,6)12-22-19(24)11-17-14(3)16-9-7-8-10-18(16)23-15(17)4/h7-10,13,20,25H,11-12H2,1-6H3,(H,22,24). The van der Waals surface area contributed by atoms with Crippen molar-refractivity contribution < 1.29 is 9.90 Å². The van der Waals surface area contributed by atoms with Gasteiger partial charge >= 0.3 is 0 Å². The summed E-state index contributed by atoms with van der Waals surface area (Å²) in [5.41, 5.74) is 3.59. The van der Waals surface area contributed by atoms with Gasteiger partial charge in [0.2, 0.25) is 5.91 Å². The van der Waals surface area contributed by atoms with E-state index >= 15 is 0 Å². The van der Waals surface area contributed by atoms with Crippen LogP contribution in [0, 0.1) is 25.2 Å². The molecule has 0 saturated heterocycles. The van der Waals surface area contributed by atoms with Crippen molar-refractivity contribution in [2.75, 3.05) is 6.54 Å². The number of hydrogen-bond acceptors (Lipinski definition) is 3. The number of aromatic nitrogens is 1. The minimum Gasteiger partial charge on any atom is -0.392 e. The lowest BCUT2D eigenvalue weighted by atomic mass is 9.80. The minimum absolute atomic E-state index is 0.0349. The van der Waals surface area contributed by atoms with Crippen molar-refractivity contribution >= 4 is 16.8 Å². The third-order valence-corrected chi connectivity index (χ3v) is 5.00. The Labute approximate surface area is 150 Å². The van der Waals surface area contributed by atoms with Crippen molar-refractivity contribution in [1.29, 1.82) is 0 Å². The van der Waals surface area contributed by atoms with Gasteiger partial charge in [-0.15, -0.1) is 0 Å². The Balaban J connectivity index is 2.12. The van der Waals surface area contributed by atoms with E-state index in [1.165, 1.54) is 0 Å². The number of aryl methyl sites for hydroxylation is 2. The SMILES string of the molecule is Cc1nc2ccccc2c(C)c1CC(=O)NCC(C)(C)C(O)C(C)C. The molecule has 1 atom stereocenters. The van der Waals surface area contributed by atoms with Crippen molar-refractivity contribution in [3.63, 3.8) is 0 Å². The zero-order valence-corrected chi connectivity index (χ0v) is 16.2. The van der Waals surface area contributed by atoms with Crippen LogP contribution in [-0.4, -0.2) is 28.6 Å². The molecule has 0 fully saturated rings. The second-order valence-electron chi connectivity index (χ2n) is 7.95. The van der Waals surface area contributed by atoms with Crippen LogP contribution < -0.4 is 5.32 Å². The third-order valence-electron chi connectivity index (χ3n) is 5.00. The maximum absolute atomic E-state index is 12.5. The minimum atomic E-state index is -0.460. The van der Waals surface area contributed by atoms with Crippen LogP contribution in [0.2, 0.25) is 0 Å². The second kappa shape index (κ2) is 7.52. The lowest BCUT2D eigenvalue weighted by molar-refractivity contribution is -0.121. The van der Waals surface area contributed by atoms with Gasteiger partial charge in [-0.2, -0.15) is 0 Å². The highest BCUT2D eigenvalue weighted by Crippen LogP contribution is 2.26. The summed E-state index contributed by atoms with van der Waals surface area (Å²) >= 11 is 0. The van der Waals surface area contributed by atoms with Crippen molar-refractivity contribution in [3.05, 3.63) is 41.1 Å². The first kappa shape index (κ1) is 19.4. The van der Waals surface area contributed by atoms with E-state index in [9.17, 15) is 9.90 Å². The molecule has 0 aliphatic carbocycles. The third kappa shape index (κ3) is 4.37. The number of nitrogens with zero attached hydrogens (tertiary/aromatic N) is 1. The van der Waals surface area contributed by atoms with Gasteiger partial charge in [0.15, 0.2) is 0 Å². The van der Waals surface area contributed by atoms with Crippen LogP contribution in [0.15, 0.2) is 24.3 Å². The average Bonchev–Trinajstić information content (AvgIpc) is 2.56. The molecule has 1 aromatic heterocycles. The van der Waals surface area contributed by atoms with Gasteiger partial charge in [-0.1, -0.05) is 45.9 Å². The van der Waals surface area contributed by atoms with Crippen LogP contribution in [0.5, 0.6) is 0 Å². The first-order valence-corrected chi connectivity index (χ1v) is 8.93. The topological polar surface area (TPSA) is 62.2 Å². The lowest BCUT2D eigenvalue weighted by Gasteiger charge is -2.33. The lowest BCUT2D eigenvalue weighted by Crippen LogP contribution is -2.44. The van der Waals surface area contributed by atoms with Gasteiger partial charge in [0, 0.05) is 23.0 Å². The fourth-order valence-corrected chi connectivity index (χ4v) is 3.39. The number of benzene rings is 1. The molecular formula is C21H30N2O2. The Kier molecular flexibility index (Phi) is 5.83. The molecule has 2 N–H and O–H groups in total. The molecule has 4 heteroatoms. The number of carbonyl (C=O) groups is 1. The maximum atomic E-state index is 12.5. The molecule has 1 heterocycles. The summed E-state index contributed by atoms with van der Waals surface area (Å²) in [5.74, 6) is 0.119. The smallest absolute Gasteiger partial charge is 0.224 e. The average molecular weight is 342 g/mol. The van der Waals surface area contributed by atoms with E-state index in [1.807, 2.05) is 65.8 Å². The van der Waals surface area contributed by atoms with Gasteiger partial charge in [-0.05, 0) is 37.0 Å². The summed E-state index contributed by atoms with van der Waals surface area (Å²) in [6.45, 7) is 12.4. The predicted octanol–water partition coefficient (Wildman–Crippen LogP) is 3.55. The number of pyridine rings is 1. The number of hydrogen-bond donors (Lipinski definition) is 2. The number of nitrogens with one attached hydrogen (secondary N) is 1. The molecule has 4 nitrogen and oxygen atoms in total. The van der Waals surface area contributed by atoms with Crippen molar-refractivity contribution in [2.24, 2.45) is 11.3 Å². The number of amides is 1. The van der Waals surface area contributed by atoms with Crippen LogP contribution in [0.25, 0.3) is 10.9 Å². The van der Waals surface area contributed by atoms with Crippen molar-refractivity contribution in [3.8, 4) is 0 Å². The fraction of sp³-hybridized carbons (Fsp3) is 0.524. The van der Waals surface area contributed by atoms with Crippen LogP contribution in [0.4, 0.5) is 0 Å². The van der Waals surface area contributed by atoms with Gasteiger partial charge in [-0.25, -0.2) is 0 Å². The quantitative estimate of drug-likeness (QED) is 0.844. The monoisotopic (exact) mass is 342 g/mol. The van der Waals surface area contributed by atoms with Gasteiger partial charge in [-0.3, -0.25) is 9.78 Å². The Bertz CT molecular complexity index is 766. The van der Waals surface area contributed by atoms with E-state index < -0.39 is 6.10 Å². The first-order chi connectivity index (χ1) is 11.6. The number of aliphatic hydroxyl groups excluding tert-OH is 1. The van der Waals surface area contributed by atoms with E-state index in [0.717, 1.165) is 27.7 Å². The highest BCUT2D eigenvalue weighted by Gasteiger charge is 2.30. The van der Waals surface area contributed by atoms with Gasteiger partial charge in [0.05, 0.1) is 18.0 Å². The maximum Gasteiger partial charge on any atom is 0.224 e. The number of rotatable bonds is 6. The number of para-hydroxylation sites is 1. The molecule has 0 saturated carbocycles. The molecule has 0 radical (unpaired) electrons. The highest BCUT2D eigenvalue weighted by atomic mass is 16.3. The molecule has 25 heavy (non-hydrogen) atoms. The molecule has 1 aromatic carbocycles. The summed E-state index contributed by atoms with van der Waals surface area (Å²) in [6.07, 6.45) is -0.151. The summed E-state index contributed by atoms with van der Waals surface area (Å²) in [6, 6.07) is 8.00. The van der Waals surface area contributed by atoms with Crippen molar-refractivity contribution in [1.82, 2.24) is 10.3 Å². The van der Waals surface area contributed by atoms with Crippen LogP contribution in [0.1, 0.15) is 44.5 Å². The van der Waals surface area contributed by atoms with Crippen molar-refractivity contribution in [2.45, 2.75) is 54.1 Å². The van der Waals surface area contributed by atoms with E-state index in [0.29, 0.717) is 13.0 Å². The Morgan fingerprint density at radius 2 is 1.88 bits per heavy atom. The number of fused-ring (bicyclic) bond motifs is 1. The van der Waals surface area contributed by atoms with Gasteiger partial charge in [0.25, 0.3) is 0 Å². The Morgan fingerprint density at radius 1 is 1.24 bits per heavy atom. The van der Waals surface area contributed by atoms with E-state index in [2.05, 4.69) is 10.3 Å². The van der Waals surface area contributed by atoms with Gasteiger partial charge < -0.3 is 10.4 Å². The zero-order valence-electron chi connectivity index (χ0n) is 16.2. The second-order valence-corrected chi connectivity index (χ2v) is 7.95. The van der Waals surface area contributed by atoms with Crippen LogP contribution in [0.3, 0.4) is 0 Å². The normalized spacial score (nSPS) is 13.3. The van der Waals surface area contributed by atoms with E-state index in [1.54, 1.807) is 0 Å². The molecule has 2 aromatic rings. The summed E-state index contributed by atoms with van der Waals surface area (Å²) < 4.78 is 0. The summed E-state index contributed by atoms with van der Waals surface area (Å²) in [7, 11) is 0. The molecule has 136 valence electrons. The number of aliphatic hydroxyl groups is 1. The van der Waals surface area contributed by atoms with Crippen LogP contribution in [-0.2, 0) is 11.2 Å². The largest absolute Gasteiger partial charge is 0.392 e. The number of carbonyl (C=O) groups excluding carboxylic acids is 1. The summed E-state index contributed by atoms with van der Waals surface area (Å²) in [5, 5.41) is 14.4. The molecule has 0 bridgehead atoms. The molecule has 1 amide bonds. The van der Waals surface area contributed by atoms with Gasteiger partial charge in [0.1, 0.15) is 0 Å². The summed E-state index contributed by atoms with van der Waals surface area (Å²) in [4.78, 5) is 17.1. The molecular weight excluding hydrogens is 312 g/mol. The predicted molar refractivity (Wildman–Crippen MR) is 103 cm³/mol. The molecule has 0 spiro atoms. The molecule has 2 rings (SSSR count). The molecule has 0 aliphatic rings. The molecule has 1 unspecified atom stereocenters. The van der Waals surface area contributed by atoms with E-state index in [-0.39, 0.29) is 17.2 Å². The molecule has 0 aliphatic heterocycles.